The van der Waals surface area contributed by atoms with Crippen LogP contribution in [-0.2, 0) is 11.3 Å². The Kier molecular flexibility index (Phi) is 11.3. The molecule has 23 heavy (non-hydrogen) atoms. The minimum atomic E-state index is 0.656. The molecule has 0 saturated heterocycles. The number of ether oxygens (including phenoxy) is 1. The first-order valence-electron chi connectivity index (χ1n) is 8.66. The standard InChI is InChI=1S/C18H32N4O/c1-4-22(5-2)12-7-6-9-19-16-18-14-17(8-10-21-18)15-20-11-13-23-3/h8,10,14-15,19H,4-7,9,11-13,16H2,1-3H3/b20-15+. The molecule has 1 heterocycles. The number of aliphatic imine (C=N–C) groups is 1. The van der Waals surface area contributed by atoms with Gasteiger partial charge in [-0.15, -0.1) is 0 Å². The highest BCUT2D eigenvalue weighted by atomic mass is 16.5. The van der Waals surface area contributed by atoms with E-state index in [1.165, 1.54) is 19.4 Å². The molecule has 0 fully saturated rings. The molecule has 0 spiro atoms. The number of nitrogens with one attached hydrogen (secondary N) is 1. The van der Waals surface area contributed by atoms with Gasteiger partial charge in [0.2, 0.25) is 0 Å². The summed E-state index contributed by atoms with van der Waals surface area (Å²) < 4.78 is 4.98. The lowest BCUT2D eigenvalue weighted by Crippen LogP contribution is -2.25. The first-order valence-corrected chi connectivity index (χ1v) is 8.66. The molecule has 0 atom stereocenters. The summed E-state index contributed by atoms with van der Waals surface area (Å²) in [5, 5.41) is 3.47. The fourth-order valence-electron chi connectivity index (χ4n) is 2.33. The Morgan fingerprint density at radius 2 is 2.13 bits per heavy atom. The summed E-state index contributed by atoms with van der Waals surface area (Å²) in [6.45, 7) is 11.1. The number of nitrogens with zero attached hydrogens (tertiary/aromatic N) is 3. The molecule has 1 rings (SSSR count). The molecule has 0 unspecified atom stereocenters. The van der Waals surface area contributed by atoms with Gasteiger partial charge in [-0.05, 0) is 56.7 Å². The second-order valence-electron chi connectivity index (χ2n) is 5.52. The summed E-state index contributed by atoms with van der Waals surface area (Å²) in [6, 6.07) is 4.06. The number of rotatable bonds is 13. The van der Waals surface area contributed by atoms with Crippen molar-refractivity contribution >= 4 is 6.21 Å². The third kappa shape index (κ3) is 9.43. The Bertz CT molecular complexity index is 433. The van der Waals surface area contributed by atoms with E-state index < -0.39 is 0 Å². The van der Waals surface area contributed by atoms with E-state index in [0.717, 1.165) is 37.4 Å². The van der Waals surface area contributed by atoms with Crippen LogP contribution in [0.15, 0.2) is 23.3 Å². The fourth-order valence-corrected chi connectivity index (χ4v) is 2.33. The Labute approximate surface area is 141 Å². The normalized spacial score (nSPS) is 11.7. The molecule has 5 nitrogen and oxygen atoms in total. The molecule has 0 saturated carbocycles. The average Bonchev–Trinajstić information content (AvgIpc) is 2.59. The minimum Gasteiger partial charge on any atom is -0.383 e. The Morgan fingerprint density at radius 1 is 1.30 bits per heavy atom. The SMILES string of the molecule is CCN(CC)CCCCNCc1cc(/C=N/CCOC)ccn1. The average molecular weight is 320 g/mol. The van der Waals surface area contributed by atoms with Crippen LogP contribution in [-0.4, -0.2) is 62.5 Å². The highest BCUT2D eigenvalue weighted by Crippen LogP contribution is 2.00. The lowest BCUT2D eigenvalue weighted by atomic mass is 10.2. The summed E-state index contributed by atoms with van der Waals surface area (Å²) >= 11 is 0. The molecule has 0 bridgehead atoms. The molecular weight excluding hydrogens is 288 g/mol. The van der Waals surface area contributed by atoms with Gasteiger partial charge in [0.1, 0.15) is 0 Å². The van der Waals surface area contributed by atoms with Crippen LogP contribution in [0.2, 0.25) is 0 Å². The van der Waals surface area contributed by atoms with Crippen LogP contribution in [0, 0.1) is 0 Å². The van der Waals surface area contributed by atoms with Gasteiger partial charge in [-0.2, -0.15) is 0 Å². The molecule has 1 aromatic heterocycles. The van der Waals surface area contributed by atoms with Crippen LogP contribution in [0.4, 0.5) is 0 Å². The van der Waals surface area contributed by atoms with Crippen LogP contribution in [0.1, 0.15) is 37.9 Å². The quantitative estimate of drug-likeness (QED) is 0.448. The molecule has 0 aliphatic carbocycles. The molecule has 0 aliphatic heterocycles. The van der Waals surface area contributed by atoms with Crippen LogP contribution in [0.3, 0.4) is 0 Å². The number of pyridine rings is 1. The van der Waals surface area contributed by atoms with E-state index in [9.17, 15) is 0 Å². The zero-order valence-corrected chi connectivity index (χ0v) is 14.9. The molecule has 0 aliphatic rings. The lowest BCUT2D eigenvalue weighted by molar-refractivity contribution is 0.208. The Morgan fingerprint density at radius 3 is 2.87 bits per heavy atom. The summed E-state index contributed by atoms with van der Waals surface area (Å²) in [5.41, 5.74) is 2.15. The van der Waals surface area contributed by atoms with E-state index in [1.807, 2.05) is 18.5 Å². The molecule has 0 radical (unpaired) electrons. The van der Waals surface area contributed by atoms with Crippen molar-refractivity contribution in [1.82, 2.24) is 15.2 Å². The fraction of sp³-hybridized carbons (Fsp3) is 0.667. The predicted octanol–water partition coefficient (Wildman–Crippen LogP) is 2.36. The van der Waals surface area contributed by atoms with Crippen molar-refractivity contribution in [3.05, 3.63) is 29.6 Å². The summed E-state index contributed by atoms with van der Waals surface area (Å²) in [4.78, 5) is 11.2. The van der Waals surface area contributed by atoms with Gasteiger partial charge in [0.15, 0.2) is 0 Å². The topological polar surface area (TPSA) is 49.8 Å². The lowest BCUT2D eigenvalue weighted by Gasteiger charge is -2.17. The van der Waals surface area contributed by atoms with E-state index in [-0.39, 0.29) is 0 Å². The van der Waals surface area contributed by atoms with Crippen molar-refractivity contribution in [2.24, 2.45) is 4.99 Å². The molecule has 0 aromatic carbocycles. The van der Waals surface area contributed by atoms with Crippen molar-refractivity contribution in [1.29, 1.82) is 0 Å². The van der Waals surface area contributed by atoms with Crippen LogP contribution < -0.4 is 5.32 Å². The Balaban J connectivity index is 2.21. The van der Waals surface area contributed by atoms with E-state index in [1.54, 1.807) is 7.11 Å². The van der Waals surface area contributed by atoms with Gasteiger partial charge in [-0.25, -0.2) is 0 Å². The first-order chi connectivity index (χ1) is 11.3. The predicted molar refractivity (Wildman–Crippen MR) is 97.3 cm³/mol. The van der Waals surface area contributed by atoms with E-state index in [4.69, 9.17) is 4.74 Å². The molecule has 130 valence electrons. The first kappa shape index (κ1) is 19.7. The summed E-state index contributed by atoms with van der Waals surface area (Å²) in [6.07, 6.45) is 6.17. The van der Waals surface area contributed by atoms with Crippen molar-refractivity contribution in [3.63, 3.8) is 0 Å². The molecule has 1 N–H and O–H groups in total. The number of hydrogen-bond donors (Lipinski definition) is 1. The third-order valence-corrected chi connectivity index (χ3v) is 3.78. The zero-order valence-electron chi connectivity index (χ0n) is 14.9. The van der Waals surface area contributed by atoms with Crippen molar-refractivity contribution in [2.75, 3.05) is 46.4 Å². The molecule has 0 amide bonds. The summed E-state index contributed by atoms with van der Waals surface area (Å²) in [5.74, 6) is 0. The number of unbranched alkanes of at least 4 members (excludes halogenated alkanes) is 1. The van der Waals surface area contributed by atoms with Crippen molar-refractivity contribution < 1.29 is 4.74 Å². The smallest absolute Gasteiger partial charge is 0.0658 e. The van der Waals surface area contributed by atoms with E-state index in [2.05, 4.69) is 40.1 Å². The minimum absolute atomic E-state index is 0.656. The van der Waals surface area contributed by atoms with Gasteiger partial charge in [0, 0.05) is 26.1 Å². The summed E-state index contributed by atoms with van der Waals surface area (Å²) in [7, 11) is 1.69. The second-order valence-corrected chi connectivity index (χ2v) is 5.52. The number of hydrogen-bond acceptors (Lipinski definition) is 5. The maximum atomic E-state index is 4.98. The number of methoxy groups -OCH3 is 1. The largest absolute Gasteiger partial charge is 0.383 e. The van der Waals surface area contributed by atoms with Gasteiger partial charge >= 0.3 is 0 Å². The highest BCUT2D eigenvalue weighted by molar-refractivity contribution is 5.79. The maximum absolute atomic E-state index is 4.98. The second kappa shape index (κ2) is 13.2. The van der Waals surface area contributed by atoms with Gasteiger partial charge < -0.3 is 15.0 Å². The van der Waals surface area contributed by atoms with Gasteiger partial charge in [-0.3, -0.25) is 9.98 Å². The zero-order chi connectivity index (χ0) is 16.8. The van der Waals surface area contributed by atoms with Crippen molar-refractivity contribution in [3.8, 4) is 0 Å². The van der Waals surface area contributed by atoms with E-state index >= 15 is 0 Å². The van der Waals surface area contributed by atoms with Crippen LogP contribution >= 0.6 is 0 Å². The molecule has 5 heteroatoms. The van der Waals surface area contributed by atoms with Gasteiger partial charge in [0.05, 0.1) is 18.8 Å². The number of aromatic nitrogens is 1. The third-order valence-electron chi connectivity index (χ3n) is 3.78. The highest BCUT2D eigenvalue weighted by Gasteiger charge is 1.99. The van der Waals surface area contributed by atoms with Gasteiger partial charge in [0.25, 0.3) is 0 Å². The Hall–Kier alpha value is -1.30. The van der Waals surface area contributed by atoms with Gasteiger partial charge in [-0.1, -0.05) is 13.8 Å². The van der Waals surface area contributed by atoms with Crippen LogP contribution in [0.25, 0.3) is 0 Å². The molecular formula is C18H32N4O. The van der Waals surface area contributed by atoms with E-state index in [0.29, 0.717) is 13.2 Å². The molecule has 1 aromatic rings. The van der Waals surface area contributed by atoms with Crippen molar-refractivity contribution in [2.45, 2.75) is 33.2 Å². The maximum Gasteiger partial charge on any atom is 0.0658 e. The monoisotopic (exact) mass is 320 g/mol. The van der Waals surface area contributed by atoms with Crippen LogP contribution in [0.5, 0.6) is 0 Å².